The molecule has 0 bridgehead atoms. The van der Waals surface area contributed by atoms with Gasteiger partial charge in [0.2, 0.25) is 5.91 Å². The molecule has 1 N–H and O–H groups in total. The number of aromatic nitrogens is 1. The van der Waals surface area contributed by atoms with Gasteiger partial charge in [0, 0.05) is 17.4 Å². The number of amides is 1. The maximum Gasteiger partial charge on any atom is 0.226 e. The van der Waals surface area contributed by atoms with Crippen LogP contribution < -0.4 is 10.1 Å². The topological polar surface area (TPSA) is 51.2 Å². The summed E-state index contributed by atoms with van der Waals surface area (Å²) in [5, 5.41) is 3.54. The highest BCUT2D eigenvalue weighted by atomic mass is 35.5. The first kappa shape index (κ1) is 19.0. The summed E-state index contributed by atoms with van der Waals surface area (Å²) in [6.07, 6.45) is 0. The van der Waals surface area contributed by atoms with Crippen LogP contribution in [0.25, 0.3) is 10.2 Å². The highest BCUT2D eigenvalue weighted by Crippen LogP contribution is 2.31. The lowest BCUT2D eigenvalue weighted by molar-refractivity contribution is -0.118. The zero-order valence-corrected chi connectivity index (χ0v) is 16.9. The lowest BCUT2D eigenvalue weighted by atomic mass is 10.2. The number of thioether (sulfide) groups is 1. The van der Waals surface area contributed by atoms with E-state index in [-0.39, 0.29) is 11.8 Å². The van der Waals surface area contributed by atoms with Crippen molar-refractivity contribution in [3.8, 4) is 5.75 Å². The Hall–Kier alpha value is -1.76. The second-order valence-corrected chi connectivity index (χ2v) is 8.71. The monoisotopic (exact) mass is 406 g/mol. The van der Waals surface area contributed by atoms with E-state index in [4.69, 9.17) is 16.3 Å². The van der Waals surface area contributed by atoms with Gasteiger partial charge in [0.1, 0.15) is 5.75 Å². The molecule has 0 atom stereocenters. The number of para-hydroxylation sites is 1. The summed E-state index contributed by atoms with van der Waals surface area (Å²) in [6, 6.07) is 13.2. The van der Waals surface area contributed by atoms with Gasteiger partial charge in [0.15, 0.2) is 4.34 Å². The fourth-order valence-corrected chi connectivity index (χ4v) is 4.36. The molecule has 3 aromatic rings. The molecular formula is C19H19ClN2O2S2. The maximum absolute atomic E-state index is 11.8. The van der Waals surface area contributed by atoms with Gasteiger partial charge in [-0.05, 0) is 30.3 Å². The number of hydrogen-bond donors (Lipinski definition) is 1. The Balaban J connectivity index is 1.57. The van der Waals surface area contributed by atoms with Gasteiger partial charge in [-0.1, -0.05) is 49.3 Å². The third-order valence-corrected chi connectivity index (χ3v) is 6.00. The number of carbonyl (C=O) groups excluding carboxylic acids is 1. The number of ether oxygens (including phenoxy) is 1. The van der Waals surface area contributed by atoms with Crippen molar-refractivity contribution in [2.75, 3.05) is 17.7 Å². The van der Waals surface area contributed by atoms with Crippen molar-refractivity contribution in [3.63, 3.8) is 0 Å². The molecule has 0 unspecified atom stereocenters. The molecule has 0 spiro atoms. The normalized spacial score (nSPS) is 11.1. The number of halogens is 1. The van der Waals surface area contributed by atoms with Gasteiger partial charge in [-0.25, -0.2) is 4.98 Å². The van der Waals surface area contributed by atoms with Crippen LogP contribution in [0.1, 0.15) is 13.8 Å². The van der Waals surface area contributed by atoms with Crippen LogP contribution in [-0.4, -0.2) is 23.3 Å². The molecule has 3 rings (SSSR count). The Morgan fingerprint density at radius 2 is 2.12 bits per heavy atom. The molecule has 1 heterocycles. The summed E-state index contributed by atoms with van der Waals surface area (Å²) in [5.74, 6) is 1.45. The highest BCUT2D eigenvalue weighted by molar-refractivity contribution is 8.01. The number of fused-ring (bicyclic) bond motifs is 1. The zero-order chi connectivity index (χ0) is 18.5. The van der Waals surface area contributed by atoms with Crippen LogP contribution >= 0.6 is 34.7 Å². The molecule has 1 amide bonds. The van der Waals surface area contributed by atoms with Gasteiger partial charge in [0.25, 0.3) is 0 Å². The number of nitrogens with zero attached hydrogens (tertiary/aromatic N) is 1. The number of rotatable bonds is 7. The number of nitrogens with one attached hydrogen (secondary N) is 1. The summed E-state index contributed by atoms with van der Waals surface area (Å²) >= 11 is 9.33. The average Bonchev–Trinajstić information content (AvgIpc) is 3.02. The van der Waals surface area contributed by atoms with Crippen molar-refractivity contribution in [2.45, 2.75) is 18.2 Å². The van der Waals surface area contributed by atoms with Gasteiger partial charge >= 0.3 is 0 Å². The predicted octanol–water partition coefficient (Wildman–Crippen LogP) is 5.72. The van der Waals surface area contributed by atoms with E-state index >= 15 is 0 Å². The van der Waals surface area contributed by atoms with Crippen LogP contribution in [0.3, 0.4) is 0 Å². The van der Waals surface area contributed by atoms with Crippen LogP contribution in [0, 0.1) is 5.92 Å². The number of carbonyl (C=O) groups is 1. The SMILES string of the molecule is CC(C)C(=O)Nc1ccc2nc(SCCOc3ccccc3Cl)sc2c1. The molecule has 26 heavy (non-hydrogen) atoms. The van der Waals surface area contributed by atoms with E-state index < -0.39 is 0 Å². The Morgan fingerprint density at radius 3 is 2.88 bits per heavy atom. The van der Waals surface area contributed by atoms with Crippen LogP contribution in [-0.2, 0) is 4.79 Å². The Kier molecular flexibility index (Phi) is 6.40. The summed E-state index contributed by atoms with van der Waals surface area (Å²) in [4.78, 5) is 16.4. The van der Waals surface area contributed by atoms with E-state index in [1.54, 1.807) is 23.1 Å². The number of anilines is 1. The van der Waals surface area contributed by atoms with E-state index in [9.17, 15) is 4.79 Å². The predicted molar refractivity (Wildman–Crippen MR) is 111 cm³/mol. The fraction of sp³-hybridized carbons (Fsp3) is 0.263. The minimum Gasteiger partial charge on any atom is -0.491 e. The molecule has 136 valence electrons. The molecule has 0 aliphatic heterocycles. The standard InChI is InChI=1S/C19H19ClN2O2S2/c1-12(2)18(23)21-13-7-8-15-17(11-13)26-19(22-15)25-10-9-24-16-6-4-3-5-14(16)20/h3-8,11-12H,9-10H2,1-2H3,(H,21,23). The fourth-order valence-electron chi connectivity index (χ4n) is 2.17. The van der Waals surface area contributed by atoms with Crippen molar-refractivity contribution in [1.82, 2.24) is 4.98 Å². The van der Waals surface area contributed by atoms with Gasteiger partial charge in [-0.15, -0.1) is 11.3 Å². The van der Waals surface area contributed by atoms with Gasteiger partial charge in [-0.2, -0.15) is 0 Å². The Bertz CT molecular complexity index is 911. The molecule has 4 nitrogen and oxygen atoms in total. The lowest BCUT2D eigenvalue weighted by Crippen LogP contribution is -2.17. The summed E-state index contributed by atoms with van der Waals surface area (Å²) in [5.41, 5.74) is 1.74. The zero-order valence-electron chi connectivity index (χ0n) is 14.5. The molecule has 0 saturated heterocycles. The lowest BCUT2D eigenvalue weighted by Gasteiger charge is -2.06. The molecular weight excluding hydrogens is 388 g/mol. The van der Waals surface area contributed by atoms with Gasteiger partial charge < -0.3 is 10.1 Å². The van der Waals surface area contributed by atoms with E-state index in [1.807, 2.05) is 56.3 Å². The molecule has 0 fully saturated rings. The maximum atomic E-state index is 11.8. The smallest absolute Gasteiger partial charge is 0.226 e. The van der Waals surface area contributed by atoms with E-state index in [0.717, 1.165) is 26.0 Å². The van der Waals surface area contributed by atoms with Crippen molar-refractivity contribution < 1.29 is 9.53 Å². The van der Waals surface area contributed by atoms with Crippen molar-refractivity contribution in [2.24, 2.45) is 5.92 Å². The first-order chi connectivity index (χ1) is 12.5. The van der Waals surface area contributed by atoms with Crippen LogP contribution in [0.5, 0.6) is 5.75 Å². The molecule has 0 saturated carbocycles. The summed E-state index contributed by atoms with van der Waals surface area (Å²) in [7, 11) is 0. The van der Waals surface area contributed by atoms with E-state index in [2.05, 4.69) is 10.3 Å². The second kappa shape index (κ2) is 8.75. The van der Waals surface area contributed by atoms with E-state index in [0.29, 0.717) is 17.4 Å². The summed E-state index contributed by atoms with van der Waals surface area (Å²) in [6.45, 7) is 4.31. The highest BCUT2D eigenvalue weighted by Gasteiger charge is 2.10. The molecule has 0 aliphatic carbocycles. The molecule has 0 radical (unpaired) electrons. The van der Waals surface area contributed by atoms with Crippen molar-refractivity contribution in [1.29, 1.82) is 0 Å². The average molecular weight is 407 g/mol. The van der Waals surface area contributed by atoms with E-state index in [1.165, 1.54) is 0 Å². The van der Waals surface area contributed by atoms with Crippen LogP contribution in [0.2, 0.25) is 5.02 Å². The Labute approximate surface area is 165 Å². The van der Waals surface area contributed by atoms with Crippen molar-refractivity contribution >= 4 is 56.5 Å². The second-order valence-electron chi connectivity index (χ2n) is 5.93. The van der Waals surface area contributed by atoms with Crippen molar-refractivity contribution in [3.05, 3.63) is 47.5 Å². The third kappa shape index (κ3) is 4.90. The van der Waals surface area contributed by atoms with Gasteiger partial charge in [0.05, 0.1) is 21.8 Å². The summed E-state index contributed by atoms with van der Waals surface area (Å²) < 4.78 is 7.73. The minimum atomic E-state index is -0.0450. The molecule has 7 heteroatoms. The molecule has 2 aromatic carbocycles. The number of thiazole rings is 1. The van der Waals surface area contributed by atoms with Crippen LogP contribution in [0.15, 0.2) is 46.8 Å². The first-order valence-electron chi connectivity index (χ1n) is 8.24. The van der Waals surface area contributed by atoms with Crippen LogP contribution in [0.4, 0.5) is 5.69 Å². The van der Waals surface area contributed by atoms with Gasteiger partial charge in [-0.3, -0.25) is 4.79 Å². The molecule has 1 aromatic heterocycles. The number of benzene rings is 2. The largest absolute Gasteiger partial charge is 0.491 e. The first-order valence-corrected chi connectivity index (χ1v) is 10.4. The molecule has 0 aliphatic rings. The Morgan fingerprint density at radius 1 is 1.31 bits per heavy atom. The number of hydrogen-bond acceptors (Lipinski definition) is 5. The minimum absolute atomic E-state index is 0.0141. The quantitative estimate of drug-likeness (QED) is 0.403. The third-order valence-electron chi connectivity index (χ3n) is 3.56.